The maximum Gasteiger partial charge on any atom is 0.231 e. The van der Waals surface area contributed by atoms with Crippen LogP contribution in [0.2, 0.25) is 5.28 Å². The lowest BCUT2D eigenvalue weighted by Crippen LogP contribution is -2.39. The fourth-order valence-electron chi connectivity index (χ4n) is 2.04. The molecule has 1 aromatic heterocycles. The molecule has 0 bridgehead atoms. The molecule has 5 nitrogen and oxygen atoms in total. The molecule has 1 N–H and O–H groups in total. The second kappa shape index (κ2) is 5.04. The van der Waals surface area contributed by atoms with Gasteiger partial charge in [0.15, 0.2) is 0 Å². The molecule has 2 unspecified atom stereocenters. The molecule has 0 saturated carbocycles. The first-order valence-electron chi connectivity index (χ1n) is 5.94. The van der Waals surface area contributed by atoms with Gasteiger partial charge in [-0.1, -0.05) is 13.8 Å². The van der Waals surface area contributed by atoms with Gasteiger partial charge < -0.3 is 10.2 Å². The molecule has 0 aromatic carbocycles. The molecule has 0 amide bonds. The highest BCUT2D eigenvalue weighted by molar-refractivity contribution is 6.28. The van der Waals surface area contributed by atoms with E-state index < -0.39 is 0 Å². The van der Waals surface area contributed by atoms with E-state index in [-0.39, 0.29) is 5.28 Å². The molecule has 6 heteroatoms. The van der Waals surface area contributed by atoms with Crippen molar-refractivity contribution in [2.24, 2.45) is 11.8 Å². The van der Waals surface area contributed by atoms with Crippen LogP contribution in [-0.2, 0) is 0 Å². The number of piperidine rings is 1. The minimum atomic E-state index is 0.241. The lowest BCUT2D eigenvalue weighted by atomic mass is 9.89. The fourth-order valence-corrected chi connectivity index (χ4v) is 2.19. The molecule has 0 radical (unpaired) electrons. The Morgan fingerprint density at radius 3 is 2.65 bits per heavy atom. The van der Waals surface area contributed by atoms with Gasteiger partial charge in [-0.15, -0.1) is 0 Å². The minimum absolute atomic E-state index is 0.241. The SMILES string of the molecule is CNc1nc(Cl)nc(N2CCC(C)C(C)C2)n1. The Labute approximate surface area is 107 Å². The Hall–Kier alpha value is -1.10. The summed E-state index contributed by atoms with van der Waals surface area (Å²) in [4.78, 5) is 14.7. The van der Waals surface area contributed by atoms with Crippen molar-refractivity contribution in [1.82, 2.24) is 15.0 Å². The second-order valence-corrected chi connectivity index (χ2v) is 5.01. The van der Waals surface area contributed by atoms with Gasteiger partial charge in [-0.2, -0.15) is 15.0 Å². The van der Waals surface area contributed by atoms with E-state index in [9.17, 15) is 0 Å². The quantitative estimate of drug-likeness (QED) is 0.877. The average molecular weight is 256 g/mol. The first-order chi connectivity index (χ1) is 8.10. The predicted molar refractivity (Wildman–Crippen MR) is 69.5 cm³/mol. The van der Waals surface area contributed by atoms with Crippen LogP contribution in [0.3, 0.4) is 0 Å². The van der Waals surface area contributed by atoms with Crippen molar-refractivity contribution in [2.75, 3.05) is 30.4 Å². The van der Waals surface area contributed by atoms with Crippen molar-refractivity contribution >= 4 is 23.5 Å². The van der Waals surface area contributed by atoms with Gasteiger partial charge in [0, 0.05) is 20.1 Å². The maximum atomic E-state index is 5.88. The number of nitrogens with one attached hydrogen (secondary N) is 1. The summed E-state index contributed by atoms with van der Waals surface area (Å²) in [5, 5.41) is 3.14. The van der Waals surface area contributed by atoms with Gasteiger partial charge in [-0.05, 0) is 29.9 Å². The zero-order valence-corrected chi connectivity index (χ0v) is 11.2. The molecule has 1 aliphatic rings. The molecule has 94 valence electrons. The smallest absolute Gasteiger partial charge is 0.231 e. The van der Waals surface area contributed by atoms with Crippen molar-refractivity contribution in [3.05, 3.63) is 5.28 Å². The molecule has 17 heavy (non-hydrogen) atoms. The van der Waals surface area contributed by atoms with Crippen LogP contribution in [0.4, 0.5) is 11.9 Å². The normalized spacial score (nSPS) is 24.8. The largest absolute Gasteiger partial charge is 0.357 e. The van der Waals surface area contributed by atoms with Crippen molar-refractivity contribution in [3.8, 4) is 0 Å². The van der Waals surface area contributed by atoms with Crippen LogP contribution in [0.1, 0.15) is 20.3 Å². The third-order valence-corrected chi connectivity index (χ3v) is 3.61. The van der Waals surface area contributed by atoms with Gasteiger partial charge in [-0.25, -0.2) is 0 Å². The number of halogens is 1. The zero-order valence-electron chi connectivity index (χ0n) is 10.4. The first kappa shape index (κ1) is 12.4. The molecule has 2 heterocycles. The van der Waals surface area contributed by atoms with E-state index in [2.05, 4.69) is 39.0 Å². The number of rotatable bonds is 2. The highest BCUT2D eigenvalue weighted by atomic mass is 35.5. The number of hydrogen-bond donors (Lipinski definition) is 1. The summed E-state index contributed by atoms with van der Waals surface area (Å²) >= 11 is 5.88. The lowest BCUT2D eigenvalue weighted by molar-refractivity contribution is 0.321. The molecule has 1 aromatic rings. The Bertz CT molecular complexity index is 397. The number of hydrogen-bond acceptors (Lipinski definition) is 5. The summed E-state index contributed by atoms with van der Waals surface area (Å²) in [5.74, 6) is 2.60. The van der Waals surface area contributed by atoms with Gasteiger partial charge >= 0.3 is 0 Å². The molecular weight excluding hydrogens is 238 g/mol. The average Bonchev–Trinajstić information content (AvgIpc) is 2.32. The maximum absolute atomic E-state index is 5.88. The summed E-state index contributed by atoms with van der Waals surface area (Å²) in [7, 11) is 1.77. The predicted octanol–water partition coefficient (Wildman–Crippen LogP) is 2.05. The molecule has 1 fully saturated rings. The second-order valence-electron chi connectivity index (χ2n) is 4.67. The van der Waals surface area contributed by atoms with E-state index in [0.29, 0.717) is 17.8 Å². The van der Waals surface area contributed by atoms with E-state index in [0.717, 1.165) is 19.0 Å². The van der Waals surface area contributed by atoms with E-state index in [4.69, 9.17) is 11.6 Å². The van der Waals surface area contributed by atoms with Crippen molar-refractivity contribution in [3.63, 3.8) is 0 Å². The Balaban J connectivity index is 2.19. The van der Waals surface area contributed by atoms with Crippen molar-refractivity contribution < 1.29 is 0 Å². The van der Waals surface area contributed by atoms with Gasteiger partial charge in [0.2, 0.25) is 17.2 Å². The van der Waals surface area contributed by atoms with Crippen molar-refractivity contribution in [2.45, 2.75) is 20.3 Å². The molecule has 1 aliphatic heterocycles. The highest BCUT2D eigenvalue weighted by Gasteiger charge is 2.24. The van der Waals surface area contributed by atoms with Crippen LogP contribution in [-0.4, -0.2) is 35.1 Å². The van der Waals surface area contributed by atoms with Gasteiger partial charge in [0.1, 0.15) is 0 Å². The summed E-state index contributed by atoms with van der Waals surface area (Å²) in [5.41, 5.74) is 0. The van der Waals surface area contributed by atoms with Gasteiger partial charge in [0.25, 0.3) is 0 Å². The molecule has 2 rings (SSSR count). The van der Waals surface area contributed by atoms with Crippen LogP contribution < -0.4 is 10.2 Å². The van der Waals surface area contributed by atoms with Crippen LogP contribution in [0, 0.1) is 11.8 Å². The Kier molecular flexibility index (Phi) is 3.66. The van der Waals surface area contributed by atoms with Crippen LogP contribution in [0.5, 0.6) is 0 Å². The Morgan fingerprint density at radius 2 is 2.00 bits per heavy atom. The van der Waals surface area contributed by atoms with Crippen LogP contribution >= 0.6 is 11.6 Å². The fraction of sp³-hybridized carbons (Fsp3) is 0.727. The van der Waals surface area contributed by atoms with Crippen LogP contribution in [0.25, 0.3) is 0 Å². The van der Waals surface area contributed by atoms with E-state index in [1.165, 1.54) is 6.42 Å². The number of anilines is 2. The third-order valence-electron chi connectivity index (χ3n) is 3.44. The third kappa shape index (κ3) is 2.77. The molecular formula is C11H18ClN5. The van der Waals surface area contributed by atoms with Gasteiger partial charge in [0.05, 0.1) is 0 Å². The Morgan fingerprint density at radius 1 is 1.24 bits per heavy atom. The van der Waals surface area contributed by atoms with Gasteiger partial charge in [-0.3, -0.25) is 0 Å². The lowest BCUT2D eigenvalue weighted by Gasteiger charge is -2.35. The van der Waals surface area contributed by atoms with E-state index >= 15 is 0 Å². The summed E-state index contributed by atoms with van der Waals surface area (Å²) in [6.07, 6.45) is 1.17. The number of aromatic nitrogens is 3. The van der Waals surface area contributed by atoms with Crippen LogP contribution in [0.15, 0.2) is 0 Å². The van der Waals surface area contributed by atoms with Crippen molar-refractivity contribution in [1.29, 1.82) is 0 Å². The van der Waals surface area contributed by atoms with E-state index in [1.807, 2.05) is 0 Å². The molecule has 0 spiro atoms. The number of nitrogens with zero attached hydrogens (tertiary/aromatic N) is 4. The molecule has 0 aliphatic carbocycles. The van der Waals surface area contributed by atoms with E-state index in [1.54, 1.807) is 7.05 Å². The highest BCUT2D eigenvalue weighted by Crippen LogP contribution is 2.25. The standard InChI is InChI=1S/C11H18ClN5/c1-7-4-5-17(6-8(7)2)11-15-9(12)14-10(13-3)16-11/h7-8H,4-6H2,1-3H3,(H,13,14,15,16). The molecule has 1 saturated heterocycles. The topological polar surface area (TPSA) is 53.9 Å². The zero-order chi connectivity index (χ0) is 12.4. The molecule has 2 atom stereocenters. The summed E-state index contributed by atoms with van der Waals surface area (Å²) in [6, 6.07) is 0. The minimum Gasteiger partial charge on any atom is -0.357 e. The first-order valence-corrected chi connectivity index (χ1v) is 6.32. The summed E-state index contributed by atoms with van der Waals surface area (Å²) in [6.45, 7) is 6.51. The monoisotopic (exact) mass is 255 g/mol. The summed E-state index contributed by atoms with van der Waals surface area (Å²) < 4.78 is 0.